The van der Waals surface area contributed by atoms with Gasteiger partial charge in [0, 0.05) is 5.57 Å². The van der Waals surface area contributed by atoms with E-state index in [1.165, 1.54) is 22.3 Å². The van der Waals surface area contributed by atoms with Gasteiger partial charge in [-0.05, 0) is 58.1 Å². The smallest absolute Gasteiger partial charge is 0.267 e. The summed E-state index contributed by atoms with van der Waals surface area (Å²) in [6.45, 7) is 13.0. The third-order valence-electron chi connectivity index (χ3n) is 5.15. The number of benzene rings is 1. The van der Waals surface area contributed by atoms with Crippen molar-refractivity contribution in [2.75, 3.05) is 0 Å². The molecule has 0 spiro atoms. The number of rotatable bonds is 3. The van der Waals surface area contributed by atoms with Gasteiger partial charge in [-0.2, -0.15) is 0 Å². The van der Waals surface area contributed by atoms with E-state index in [-0.39, 0.29) is 5.41 Å². The van der Waals surface area contributed by atoms with Crippen LogP contribution in [0.5, 0.6) is 0 Å². The number of carbonyl (C=O) groups excluding carboxylic acids is 1. The number of amides is 1. The maximum atomic E-state index is 11.9. The molecule has 0 heterocycles. The minimum Gasteiger partial charge on any atom is -0.267 e. The summed E-state index contributed by atoms with van der Waals surface area (Å²) < 4.78 is 0. The third kappa shape index (κ3) is 3.13. The lowest BCUT2D eigenvalue weighted by atomic mass is 9.79. The molecule has 0 fully saturated rings. The van der Waals surface area contributed by atoms with Crippen LogP contribution in [0.3, 0.4) is 0 Å². The molecule has 2 nitrogen and oxygen atoms in total. The van der Waals surface area contributed by atoms with Crippen molar-refractivity contribution in [2.45, 2.75) is 52.4 Å². The van der Waals surface area contributed by atoms with E-state index in [0.717, 1.165) is 36.0 Å². The zero-order valence-electron chi connectivity index (χ0n) is 15.6. The van der Waals surface area contributed by atoms with Crippen LogP contribution in [-0.2, 0) is 16.6 Å². The fraction of sp³-hybridized carbons (Fsp3) is 0.348. The Hall–Kier alpha value is -2.35. The van der Waals surface area contributed by atoms with E-state index >= 15 is 0 Å². The largest absolute Gasteiger partial charge is 0.270 e. The van der Waals surface area contributed by atoms with Crippen molar-refractivity contribution >= 4 is 17.6 Å². The Morgan fingerprint density at radius 2 is 2.00 bits per heavy atom. The molecule has 0 aromatic heterocycles. The number of allylic oxidation sites excluding steroid dienone is 4. The molecule has 1 aromatic rings. The monoisotopic (exact) mass is 332 g/mol. The van der Waals surface area contributed by atoms with E-state index < -0.39 is 5.91 Å². The highest BCUT2D eigenvalue weighted by Gasteiger charge is 2.26. The highest BCUT2D eigenvalue weighted by atomic mass is 16.1. The van der Waals surface area contributed by atoms with Gasteiger partial charge < -0.3 is 0 Å². The summed E-state index contributed by atoms with van der Waals surface area (Å²) in [5, 5.41) is 0. The van der Waals surface area contributed by atoms with Gasteiger partial charge in [-0.15, -0.1) is 0 Å². The van der Waals surface area contributed by atoms with Gasteiger partial charge in [-0.25, -0.2) is 0 Å². The lowest BCUT2D eigenvalue weighted by molar-refractivity contribution is -0.114. The Morgan fingerprint density at radius 3 is 2.60 bits per heavy atom. The molecule has 0 atom stereocenters. The summed E-state index contributed by atoms with van der Waals surface area (Å²) in [7, 11) is 0. The van der Waals surface area contributed by atoms with E-state index in [1.54, 1.807) is 6.08 Å². The van der Waals surface area contributed by atoms with Crippen LogP contribution >= 0.6 is 0 Å². The second kappa shape index (κ2) is 6.18. The van der Waals surface area contributed by atoms with Crippen LogP contribution in [-0.4, -0.2) is 5.91 Å². The predicted molar refractivity (Wildman–Crippen MR) is 105 cm³/mol. The second-order valence-electron chi connectivity index (χ2n) is 8.00. The number of hydrogen-bond donors (Lipinski definition) is 0. The van der Waals surface area contributed by atoms with Crippen LogP contribution in [0.2, 0.25) is 0 Å². The van der Waals surface area contributed by atoms with E-state index in [0.29, 0.717) is 5.57 Å². The Kier molecular flexibility index (Phi) is 4.32. The molecule has 25 heavy (non-hydrogen) atoms. The third-order valence-corrected chi connectivity index (χ3v) is 5.15. The average Bonchev–Trinajstić information content (AvgIpc) is 2.96. The molecule has 1 aromatic carbocycles. The van der Waals surface area contributed by atoms with Gasteiger partial charge >= 0.3 is 0 Å². The second-order valence-corrected chi connectivity index (χ2v) is 8.00. The van der Waals surface area contributed by atoms with Crippen molar-refractivity contribution in [3.63, 3.8) is 0 Å². The van der Waals surface area contributed by atoms with Gasteiger partial charge in [0.05, 0.1) is 0 Å². The zero-order valence-corrected chi connectivity index (χ0v) is 15.6. The van der Waals surface area contributed by atoms with E-state index in [9.17, 15) is 4.79 Å². The molecule has 0 saturated heterocycles. The normalized spacial score (nSPS) is 17.0. The fourth-order valence-electron chi connectivity index (χ4n) is 3.62. The first-order valence-corrected chi connectivity index (χ1v) is 8.94. The van der Waals surface area contributed by atoms with Crippen LogP contribution < -0.4 is 5.73 Å². The fourth-order valence-corrected chi connectivity index (χ4v) is 3.62. The Labute approximate surface area is 150 Å². The summed E-state index contributed by atoms with van der Waals surface area (Å²) in [5.41, 5.74) is 16.3. The first kappa shape index (κ1) is 17.5. The molecular formula is C23H26NO. The van der Waals surface area contributed by atoms with Crippen LogP contribution in [0.25, 0.3) is 11.6 Å². The van der Waals surface area contributed by atoms with Crippen LogP contribution in [0.1, 0.15) is 62.8 Å². The van der Waals surface area contributed by atoms with Gasteiger partial charge in [0.15, 0.2) is 0 Å². The van der Waals surface area contributed by atoms with Crippen molar-refractivity contribution in [1.29, 1.82) is 0 Å². The van der Waals surface area contributed by atoms with Gasteiger partial charge in [0.1, 0.15) is 0 Å². The molecule has 129 valence electrons. The van der Waals surface area contributed by atoms with Crippen LogP contribution in [0.4, 0.5) is 0 Å². The predicted octanol–water partition coefficient (Wildman–Crippen LogP) is 5.41. The topological polar surface area (TPSA) is 40.9 Å². The highest BCUT2D eigenvalue weighted by Crippen LogP contribution is 2.41. The van der Waals surface area contributed by atoms with Crippen molar-refractivity contribution in [3.05, 3.63) is 69.8 Å². The maximum absolute atomic E-state index is 11.9. The van der Waals surface area contributed by atoms with Gasteiger partial charge in [-0.3, -0.25) is 10.5 Å². The Balaban J connectivity index is 2.31. The molecular weight excluding hydrogens is 306 g/mol. The van der Waals surface area contributed by atoms with E-state index in [2.05, 4.69) is 52.5 Å². The van der Waals surface area contributed by atoms with Crippen molar-refractivity contribution in [2.24, 2.45) is 0 Å². The molecule has 2 heteroatoms. The van der Waals surface area contributed by atoms with Crippen molar-refractivity contribution in [1.82, 2.24) is 5.73 Å². The summed E-state index contributed by atoms with van der Waals surface area (Å²) in [6.07, 6.45) is 8.69. The average molecular weight is 332 g/mol. The molecule has 1 N–H and O–H groups in total. The number of carbonyl (C=O) groups is 1. The number of nitrogens with one attached hydrogen (secondary N) is 1. The molecule has 1 radical (unpaired) electrons. The molecule has 2 aliphatic rings. The first-order chi connectivity index (χ1) is 11.7. The molecule has 0 aliphatic heterocycles. The minimum absolute atomic E-state index is 0.0180. The Morgan fingerprint density at radius 1 is 1.28 bits per heavy atom. The first-order valence-electron chi connectivity index (χ1n) is 8.94. The van der Waals surface area contributed by atoms with Crippen LogP contribution in [0, 0.1) is 0 Å². The molecule has 2 aliphatic carbocycles. The Bertz CT molecular complexity index is 857. The van der Waals surface area contributed by atoms with Crippen LogP contribution in [0.15, 0.2) is 47.6 Å². The molecule has 1 amide bonds. The lowest BCUT2D eigenvalue weighted by Crippen LogP contribution is -2.14. The molecule has 0 bridgehead atoms. The molecule has 0 unspecified atom stereocenters. The summed E-state index contributed by atoms with van der Waals surface area (Å²) in [6, 6.07) is 4.50. The number of hydrogen-bond acceptors (Lipinski definition) is 1. The van der Waals surface area contributed by atoms with Crippen molar-refractivity contribution < 1.29 is 4.79 Å². The maximum Gasteiger partial charge on any atom is 0.270 e. The highest BCUT2D eigenvalue weighted by molar-refractivity contribution is 6.07. The minimum atomic E-state index is -0.635. The van der Waals surface area contributed by atoms with E-state index in [4.69, 9.17) is 5.73 Å². The van der Waals surface area contributed by atoms with Crippen molar-refractivity contribution in [3.8, 4) is 0 Å². The van der Waals surface area contributed by atoms with E-state index in [1.807, 2.05) is 6.08 Å². The summed E-state index contributed by atoms with van der Waals surface area (Å²) in [5.74, 6) is -0.635. The lowest BCUT2D eigenvalue weighted by Gasteiger charge is -2.25. The molecule has 3 rings (SSSR count). The summed E-state index contributed by atoms with van der Waals surface area (Å²) >= 11 is 0. The SMILES string of the molecule is C=C1CC=CC(C([NH])=O)=C1c1cc(C(C)(C)C)cc2c1CC(CC)=C2. The van der Waals surface area contributed by atoms with Gasteiger partial charge in [-0.1, -0.05) is 70.2 Å². The number of fused-ring (bicyclic) bond motifs is 1. The zero-order chi connectivity index (χ0) is 18.4. The standard InChI is InChI=1S/C23H26NO/c1-6-15-10-16-12-17(23(3,4)5)13-20(19(16)11-15)21-14(2)8-7-9-18(21)22(24)25/h7,9-10,12-13,24H,2,6,8,11H2,1,3-5H3. The quantitative estimate of drug-likeness (QED) is 0.729. The van der Waals surface area contributed by atoms with Gasteiger partial charge in [0.25, 0.3) is 5.91 Å². The molecule has 0 saturated carbocycles. The van der Waals surface area contributed by atoms with Gasteiger partial charge in [0.2, 0.25) is 0 Å². The summed E-state index contributed by atoms with van der Waals surface area (Å²) in [4.78, 5) is 11.9.